The van der Waals surface area contributed by atoms with Crippen LogP contribution in [-0.4, -0.2) is 70.6 Å². The molecule has 5 rings (SSSR count). The Labute approximate surface area is 233 Å². The molecule has 11 heteroatoms. The van der Waals surface area contributed by atoms with Gasteiger partial charge in [-0.05, 0) is 55.5 Å². The van der Waals surface area contributed by atoms with Crippen molar-refractivity contribution in [3.05, 3.63) is 78.4 Å². The number of halogens is 1. The molecule has 2 amide bonds. The summed E-state index contributed by atoms with van der Waals surface area (Å²) in [4.78, 5) is 30.6. The number of hydrogen-bond donors (Lipinski definition) is 2. The Morgan fingerprint density at radius 1 is 0.975 bits per heavy atom. The SMILES string of the molecule is Cc1ccc(S(=O)(=O)N2c3ccccc3NC(=O)[C@H]2CC(=O)Nc2ccc(N3CCN(CC[18F])CC3)cc2)cc1. The number of nitrogens with zero attached hydrogens (tertiary/aromatic N) is 3. The number of anilines is 4. The quantitative estimate of drug-likeness (QED) is 0.433. The number of fused-ring (bicyclic) bond motifs is 1. The zero-order valence-corrected chi connectivity index (χ0v) is 23.0. The second-order valence-corrected chi connectivity index (χ2v) is 11.8. The molecule has 0 bridgehead atoms. The van der Waals surface area contributed by atoms with Crippen molar-refractivity contribution in [2.24, 2.45) is 0 Å². The van der Waals surface area contributed by atoms with Gasteiger partial charge in [0.2, 0.25) is 11.8 Å². The van der Waals surface area contributed by atoms with Crippen LogP contribution in [0.1, 0.15) is 12.0 Å². The largest absolute Gasteiger partial charge is 0.369 e. The summed E-state index contributed by atoms with van der Waals surface area (Å²) in [6.45, 7) is 5.11. The minimum absolute atomic E-state index is 0.0362. The fraction of sp³-hybridized carbons (Fsp3) is 0.310. The third-order valence-electron chi connectivity index (χ3n) is 7.23. The van der Waals surface area contributed by atoms with Crippen molar-refractivity contribution >= 4 is 44.6 Å². The van der Waals surface area contributed by atoms with Crippen molar-refractivity contribution in [2.75, 3.05) is 59.2 Å². The molecule has 2 N–H and O–H groups in total. The summed E-state index contributed by atoms with van der Waals surface area (Å²) in [6.07, 6.45) is -0.371. The van der Waals surface area contributed by atoms with E-state index in [-0.39, 0.29) is 18.0 Å². The molecule has 0 aliphatic carbocycles. The summed E-state index contributed by atoms with van der Waals surface area (Å²) in [6, 6.07) is 19.1. The fourth-order valence-electron chi connectivity index (χ4n) is 5.05. The highest BCUT2D eigenvalue weighted by Gasteiger charge is 2.42. The summed E-state index contributed by atoms with van der Waals surface area (Å²) in [7, 11) is -4.16. The van der Waals surface area contributed by atoms with Crippen LogP contribution in [0, 0.1) is 6.92 Å². The first-order valence-corrected chi connectivity index (χ1v) is 14.6. The van der Waals surface area contributed by atoms with Crippen molar-refractivity contribution < 1.29 is 22.4 Å². The van der Waals surface area contributed by atoms with E-state index in [1.165, 1.54) is 12.1 Å². The van der Waals surface area contributed by atoms with Crippen molar-refractivity contribution in [1.29, 1.82) is 0 Å². The van der Waals surface area contributed by atoms with E-state index in [9.17, 15) is 22.4 Å². The molecule has 0 aromatic heterocycles. The predicted octanol–water partition coefficient (Wildman–Crippen LogP) is 3.63. The van der Waals surface area contributed by atoms with E-state index in [0.29, 0.717) is 23.6 Å². The fourth-order valence-corrected chi connectivity index (χ4v) is 6.68. The molecule has 0 spiro atoms. The number of carbonyl (C=O) groups excluding carboxylic acids is 2. The number of aryl methyl sites for hydroxylation is 1. The zero-order valence-electron chi connectivity index (χ0n) is 22.2. The standard InChI is InChI=1S/C29H32FN5O4S/c1-21-6-12-24(13-7-21)40(38,39)35-26-5-3-2-4-25(26)32-29(37)27(35)20-28(36)31-22-8-10-23(11-9-22)34-18-16-33(15-14-30)17-19-34/h2-13,27H,14-20H2,1H3,(H,31,36)(H,32,37)/t27-/m1/s1/i30-1. The van der Waals surface area contributed by atoms with Crippen LogP contribution in [0.25, 0.3) is 0 Å². The van der Waals surface area contributed by atoms with E-state index in [1.807, 2.05) is 19.1 Å². The number of alkyl halides is 1. The lowest BCUT2D eigenvalue weighted by atomic mass is 10.1. The molecule has 2 heterocycles. The first-order chi connectivity index (χ1) is 19.3. The molecule has 2 aliphatic rings. The van der Waals surface area contributed by atoms with Gasteiger partial charge in [-0.15, -0.1) is 0 Å². The van der Waals surface area contributed by atoms with Crippen molar-refractivity contribution in [3.8, 4) is 0 Å². The van der Waals surface area contributed by atoms with Gasteiger partial charge in [0.1, 0.15) is 12.7 Å². The normalized spacial score (nSPS) is 17.8. The Balaban J connectivity index is 1.32. The monoisotopic (exact) mass is 564 g/mol. The van der Waals surface area contributed by atoms with Gasteiger partial charge in [0.25, 0.3) is 10.0 Å². The van der Waals surface area contributed by atoms with Crippen LogP contribution in [0.4, 0.5) is 27.1 Å². The van der Waals surface area contributed by atoms with E-state index in [4.69, 9.17) is 0 Å². The number of para-hydroxylation sites is 2. The number of rotatable bonds is 8. The minimum Gasteiger partial charge on any atom is -0.369 e. The lowest BCUT2D eigenvalue weighted by Gasteiger charge is -2.36. The summed E-state index contributed by atoms with van der Waals surface area (Å²) in [5.41, 5.74) is 3.10. The smallest absolute Gasteiger partial charge is 0.265 e. The molecule has 1 saturated heterocycles. The number of nitrogens with one attached hydrogen (secondary N) is 2. The van der Waals surface area contributed by atoms with Crippen LogP contribution in [0.15, 0.2) is 77.7 Å². The van der Waals surface area contributed by atoms with E-state index in [2.05, 4.69) is 20.4 Å². The second-order valence-electron chi connectivity index (χ2n) is 9.95. The third-order valence-corrected chi connectivity index (χ3v) is 9.07. The van der Waals surface area contributed by atoms with Gasteiger partial charge in [0.15, 0.2) is 0 Å². The van der Waals surface area contributed by atoms with E-state index in [1.54, 1.807) is 48.5 Å². The molecule has 0 saturated carbocycles. The number of benzene rings is 3. The van der Waals surface area contributed by atoms with Crippen LogP contribution in [-0.2, 0) is 19.6 Å². The number of carbonyl (C=O) groups is 2. The molecule has 2 aliphatic heterocycles. The average Bonchev–Trinajstić information content (AvgIpc) is 2.94. The lowest BCUT2D eigenvalue weighted by molar-refractivity contribution is -0.122. The Kier molecular flexibility index (Phi) is 8.04. The average molecular weight is 565 g/mol. The molecule has 210 valence electrons. The Hall–Kier alpha value is -3.96. The number of amides is 2. The molecule has 1 atom stereocenters. The van der Waals surface area contributed by atoms with Gasteiger partial charge in [-0.2, -0.15) is 0 Å². The summed E-state index contributed by atoms with van der Waals surface area (Å²) < 4.78 is 41.2. The topological polar surface area (TPSA) is 102 Å². The van der Waals surface area contributed by atoms with E-state index >= 15 is 0 Å². The molecule has 40 heavy (non-hydrogen) atoms. The molecule has 9 nitrogen and oxygen atoms in total. The second kappa shape index (κ2) is 11.6. The Morgan fingerprint density at radius 2 is 1.65 bits per heavy atom. The first kappa shape index (κ1) is 27.6. The minimum atomic E-state index is -4.16. The first-order valence-electron chi connectivity index (χ1n) is 13.2. The van der Waals surface area contributed by atoms with Crippen LogP contribution >= 0.6 is 0 Å². The maximum absolute atomic E-state index is 13.8. The number of hydrogen-bond acceptors (Lipinski definition) is 6. The van der Waals surface area contributed by atoms with E-state index in [0.717, 1.165) is 41.7 Å². The van der Waals surface area contributed by atoms with Gasteiger partial charge in [-0.1, -0.05) is 29.8 Å². The number of sulfonamides is 1. The van der Waals surface area contributed by atoms with Crippen LogP contribution in [0.2, 0.25) is 0 Å². The lowest BCUT2D eigenvalue weighted by Crippen LogP contribution is -2.52. The summed E-state index contributed by atoms with van der Waals surface area (Å²) in [5, 5.41) is 5.54. The zero-order chi connectivity index (χ0) is 28.3. The van der Waals surface area contributed by atoms with Crippen LogP contribution in [0.5, 0.6) is 0 Å². The number of piperazine rings is 1. The van der Waals surface area contributed by atoms with Crippen LogP contribution in [0.3, 0.4) is 0 Å². The van der Waals surface area contributed by atoms with Gasteiger partial charge in [-0.25, -0.2) is 12.8 Å². The highest BCUT2D eigenvalue weighted by Crippen LogP contribution is 2.37. The molecule has 3 aromatic rings. The summed E-state index contributed by atoms with van der Waals surface area (Å²) in [5.74, 6) is -1.07. The van der Waals surface area contributed by atoms with Gasteiger partial charge < -0.3 is 15.5 Å². The van der Waals surface area contributed by atoms with Crippen molar-refractivity contribution in [3.63, 3.8) is 0 Å². The molecule has 1 fully saturated rings. The molecule has 0 radical (unpaired) electrons. The van der Waals surface area contributed by atoms with Crippen LogP contribution < -0.4 is 19.8 Å². The van der Waals surface area contributed by atoms with Gasteiger partial charge in [-0.3, -0.25) is 18.8 Å². The van der Waals surface area contributed by atoms with E-state index < -0.39 is 27.9 Å². The highest BCUT2D eigenvalue weighted by molar-refractivity contribution is 7.93. The Morgan fingerprint density at radius 3 is 2.33 bits per heavy atom. The maximum atomic E-state index is 13.8. The van der Waals surface area contributed by atoms with Gasteiger partial charge in [0, 0.05) is 44.1 Å². The van der Waals surface area contributed by atoms with Gasteiger partial charge in [0.05, 0.1) is 22.7 Å². The molecule has 0 unspecified atom stereocenters. The maximum Gasteiger partial charge on any atom is 0.265 e. The highest BCUT2D eigenvalue weighted by atomic mass is 32.2. The molecule has 3 aromatic carbocycles. The summed E-state index contributed by atoms with van der Waals surface area (Å²) >= 11 is 0. The predicted molar refractivity (Wildman–Crippen MR) is 154 cm³/mol. The Bertz CT molecular complexity index is 1470. The van der Waals surface area contributed by atoms with Crippen molar-refractivity contribution in [2.45, 2.75) is 24.3 Å². The van der Waals surface area contributed by atoms with Crippen molar-refractivity contribution in [1.82, 2.24) is 4.90 Å². The molecular weight excluding hydrogens is 532 g/mol. The van der Waals surface area contributed by atoms with Gasteiger partial charge >= 0.3 is 0 Å². The molecular formula is C29H32FN5O4S. The third kappa shape index (κ3) is 5.80.